The number of carbonyl (C=O) groups excluding carboxylic acids is 1. The molecule has 0 spiro atoms. The number of aromatic nitrogens is 1. The number of nitrogens with one attached hydrogen (secondary N) is 2. The van der Waals surface area contributed by atoms with Crippen molar-refractivity contribution in [1.82, 2.24) is 10.3 Å². The number of pyridine rings is 1. The fourth-order valence-corrected chi connectivity index (χ4v) is 1.48. The minimum absolute atomic E-state index is 0.00474. The molecular weight excluding hydrogens is 218 g/mol. The highest BCUT2D eigenvalue weighted by molar-refractivity contribution is 5.90. The predicted molar refractivity (Wildman–Crippen MR) is 65.1 cm³/mol. The maximum absolute atomic E-state index is 11.6. The number of anilines is 1. The summed E-state index contributed by atoms with van der Waals surface area (Å²) in [6, 6.07) is 4.14. The highest BCUT2D eigenvalue weighted by Gasteiger charge is 2.20. The standard InChI is InChI=1S/C12H17N3O2/c1-17-12-5-4-10(8-14-12)15-11(16)6-7-13-9-2-3-9/h4-5,8-9,13H,2-3,6-7H2,1H3,(H,15,16). The summed E-state index contributed by atoms with van der Waals surface area (Å²) in [5, 5.41) is 6.09. The van der Waals surface area contributed by atoms with E-state index in [0.717, 1.165) is 6.54 Å². The Hall–Kier alpha value is -1.62. The number of carbonyl (C=O) groups is 1. The Kier molecular flexibility index (Phi) is 3.93. The smallest absolute Gasteiger partial charge is 0.225 e. The Morgan fingerprint density at radius 2 is 2.35 bits per heavy atom. The first-order chi connectivity index (χ1) is 8.28. The van der Waals surface area contributed by atoms with Crippen LogP contribution < -0.4 is 15.4 Å². The number of rotatable bonds is 6. The van der Waals surface area contributed by atoms with Gasteiger partial charge in [0.05, 0.1) is 19.0 Å². The van der Waals surface area contributed by atoms with Gasteiger partial charge in [-0.15, -0.1) is 0 Å². The van der Waals surface area contributed by atoms with E-state index in [2.05, 4.69) is 15.6 Å². The molecule has 0 aliphatic heterocycles. The van der Waals surface area contributed by atoms with Crippen LogP contribution in [0.4, 0.5) is 5.69 Å². The monoisotopic (exact) mass is 235 g/mol. The van der Waals surface area contributed by atoms with E-state index < -0.39 is 0 Å². The fourth-order valence-electron chi connectivity index (χ4n) is 1.48. The van der Waals surface area contributed by atoms with E-state index in [1.165, 1.54) is 12.8 Å². The van der Waals surface area contributed by atoms with Gasteiger partial charge < -0.3 is 15.4 Å². The van der Waals surface area contributed by atoms with Crippen molar-refractivity contribution < 1.29 is 9.53 Å². The molecule has 0 aromatic carbocycles. The minimum atomic E-state index is 0.00474. The van der Waals surface area contributed by atoms with Crippen molar-refractivity contribution in [3.8, 4) is 5.88 Å². The van der Waals surface area contributed by atoms with Gasteiger partial charge in [-0.05, 0) is 18.9 Å². The lowest BCUT2D eigenvalue weighted by Crippen LogP contribution is -2.23. The minimum Gasteiger partial charge on any atom is -0.481 e. The Bertz CT molecular complexity index is 374. The third-order valence-corrected chi connectivity index (χ3v) is 2.59. The molecule has 0 radical (unpaired) electrons. The largest absolute Gasteiger partial charge is 0.481 e. The third-order valence-electron chi connectivity index (χ3n) is 2.59. The van der Waals surface area contributed by atoms with Crippen molar-refractivity contribution in [3.63, 3.8) is 0 Å². The lowest BCUT2D eigenvalue weighted by Gasteiger charge is -2.06. The van der Waals surface area contributed by atoms with Gasteiger partial charge in [0.2, 0.25) is 11.8 Å². The van der Waals surface area contributed by atoms with Gasteiger partial charge in [0.25, 0.3) is 0 Å². The zero-order valence-corrected chi connectivity index (χ0v) is 9.90. The molecule has 0 atom stereocenters. The topological polar surface area (TPSA) is 63.2 Å². The van der Waals surface area contributed by atoms with Gasteiger partial charge in [0, 0.05) is 25.1 Å². The zero-order chi connectivity index (χ0) is 12.1. The van der Waals surface area contributed by atoms with Crippen LogP contribution in [0.25, 0.3) is 0 Å². The van der Waals surface area contributed by atoms with Crippen molar-refractivity contribution in [2.24, 2.45) is 0 Å². The first-order valence-electron chi connectivity index (χ1n) is 5.81. The van der Waals surface area contributed by atoms with E-state index in [0.29, 0.717) is 24.0 Å². The number of hydrogen-bond donors (Lipinski definition) is 2. The second kappa shape index (κ2) is 5.63. The summed E-state index contributed by atoms with van der Waals surface area (Å²) in [6.07, 6.45) is 4.56. The fraction of sp³-hybridized carbons (Fsp3) is 0.500. The van der Waals surface area contributed by atoms with Gasteiger partial charge in [-0.25, -0.2) is 4.98 Å². The van der Waals surface area contributed by atoms with Crippen LogP contribution in [0.5, 0.6) is 5.88 Å². The van der Waals surface area contributed by atoms with Gasteiger partial charge in [-0.2, -0.15) is 0 Å². The molecule has 2 N–H and O–H groups in total. The molecule has 92 valence electrons. The average molecular weight is 235 g/mol. The second-order valence-corrected chi connectivity index (χ2v) is 4.12. The van der Waals surface area contributed by atoms with Crippen LogP contribution in [0.15, 0.2) is 18.3 Å². The third kappa shape index (κ3) is 4.03. The van der Waals surface area contributed by atoms with Crippen molar-refractivity contribution in [3.05, 3.63) is 18.3 Å². The highest BCUT2D eigenvalue weighted by Crippen LogP contribution is 2.18. The van der Waals surface area contributed by atoms with Gasteiger partial charge in [-0.3, -0.25) is 4.79 Å². The lowest BCUT2D eigenvalue weighted by atomic mass is 10.3. The predicted octanol–water partition coefficient (Wildman–Crippen LogP) is 1.17. The molecule has 1 amide bonds. The molecule has 1 saturated carbocycles. The molecule has 5 nitrogen and oxygen atoms in total. The Balaban J connectivity index is 1.72. The van der Waals surface area contributed by atoms with Crippen LogP contribution in [0.3, 0.4) is 0 Å². The quantitative estimate of drug-likeness (QED) is 0.777. The maximum Gasteiger partial charge on any atom is 0.225 e. The molecule has 1 aliphatic carbocycles. The van der Waals surface area contributed by atoms with E-state index in [-0.39, 0.29) is 5.91 Å². The normalized spacial score (nSPS) is 14.4. The summed E-state index contributed by atoms with van der Waals surface area (Å²) in [4.78, 5) is 15.6. The van der Waals surface area contributed by atoms with E-state index in [1.54, 1.807) is 25.4 Å². The molecule has 5 heteroatoms. The van der Waals surface area contributed by atoms with Crippen molar-refractivity contribution in [1.29, 1.82) is 0 Å². The lowest BCUT2D eigenvalue weighted by molar-refractivity contribution is -0.116. The maximum atomic E-state index is 11.6. The van der Waals surface area contributed by atoms with Gasteiger partial charge in [0.15, 0.2) is 0 Å². The summed E-state index contributed by atoms with van der Waals surface area (Å²) in [7, 11) is 1.56. The van der Waals surface area contributed by atoms with E-state index in [1.807, 2.05) is 0 Å². The van der Waals surface area contributed by atoms with Crippen LogP contribution in [0.2, 0.25) is 0 Å². The van der Waals surface area contributed by atoms with Gasteiger partial charge in [0.1, 0.15) is 0 Å². The summed E-state index contributed by atoms with van der Waals surface area (Å²) in [5.41, 5.74) is 0.697. The van der Waals surface area contributed by atoms with Crippen LogP contribution in [0, 0.1) is 0 Å². The second-order valence-electron chi connectivity index (χ2n) is 4.12. The van der Waals surface area contributed by atoms with Crippen LogP contribution in [-0.4, -0.2) is 30.6 Å². The molecule has 1 aromatic rings. The van der Waals surface area contributed by atoms with Gasteiger partial charge >= 0.3 is 0 Å². The molecule has 17 heavy (non-hydrogen) atoms. The first-order valence-corrected chi connectivity index (χ1v) is 5.81. The summed E-state index contributed by atoms with van der Waals surface area (Å²) in [6.45, 7) is 0.736. The molecule has 0 saturated heterocycles. The molecule has 2 rings (SSSR count). The Morgan fingerprint density at radius 3 is 2.94 bits per heavy atom. The summed E-state index contributed by atoms with van der Waals surface area (Å²) >= 11 is 0. The molecule has 1 heterocycles. The van der Waals surface area contributed by atoms with Crippen molar-refractivity contribution in [2.75, 3.05) is 19.0 Å². The molecule has 1 aliphatic rings. The molecule has 0 unspecified atom stereocenters. The summed E-state index contributed by atoms with van der Waals surface area (Å²) < 4.78 is 4.94. The zero-order valence-electron chi connectivity index (χ0n) is 9.90. The Labute approximate surface area is 101 Å². The number of hydrogen-bond acceptors (Lipinski definition) is 4. The number of nitrogens with zero attached hydrogens (tertiary/aromatic N) is 1. The Morgan fingerprint density at radius 1 is 1.53 bits per heavy atom. The molecule has 0 bridgehead atoms. The number of ether oxygens (including phenoxy) is 1. The van der Waals surface area contributed by atoms with E-state index >= 15 is 0 Å². The van der Waals surface area contributed by atoms with Crippen LogP contribution in [-0.2, 0) is 4.79 Å². The van der Waals surface area contributed by atoms with Crippen LogP contribution in [0.1, 0.15) is 19.3 Å². The van der Waals surface area contributed by atoms with Crippen molar-refractivity contribution in [2.45, 2.75) is 25.3 Å². The molecular formula is C12H17N3O2. The van der Waals surface area contributed by atoms with E-state index in [4.69, 9.17) is 4.74 Å². The number of methoxy groups -OCH3 is 1. The first kappa shape index (κ1) is 11.9. The average Bonchev–Trinajstić information content (AvgIpc) is 3.14. The molecule has 1 fully saturated rings. The van der Waals surface area contributed by atoms with Crippen LogP contribution >= 0.6 is 0 Å². The SMILES string of the molecule is COc1ccc(NC(=O)CCNC2CC2)cn1. The molecule has 1 aromatic heterocycles. The van der Waals surface area contributed by atoms with Crippen molar-refractivity contribution >= 4 is 11.6 Å². The summed E-state index contributed by atoms with van der Waals surface area (Å²) in [5.74, 6) is 0.545. The van der Waals surface area contributed by atoms with Gasteiger partial charge in [-0.1, -0.05) is 0 Å². The van der Waals surface area contributed by atoms with E-state index in [9.17, 15) is 4.79 Å². The number of amides is 1. The highest BCUT2D eigenvalue weighted by atomic mass is 16.5.